The van der Waals surface area contributed by atoms with Gasteiger partial charge in [-0.15, -0.1) is 0 Å². The number of benzene rings is 2. The highest BCUT2D eigenvalue weighted by atomic mass is 35.5. The van der Waals surface area contributed by atoms with Crippen molar-refractivity contribution < 1.29 is 9.59 Å². The lowest BCUT2D eigenvalue weighted by molar-refractivity contribution is -0.132. The molecule has 2 amide bonds. The number of anilines is 1. The van der Waals surface area contributed by atoms with Crippen LogP contribution in [0.3, 0.4) is 0 Å². The number of carbonyl (C=O) groups excluding carboxylic acids is 2. The van der Waals surface area contributed by atoms with Crippen LogP contribution in [0, 0.1) is 6.92 Å². The van der Waals surface area contributed by atoms with Crippen molar-refractivity contribution in [3.63, 3.8) is 0 Å². The van der Waals surface area contributed by atoms with Gasteiger partial charge in [0.25, 0.3) is 0 Å². The minimum atomic E-state index is -0.199. The maximum absolute atomic E-state index is 12.3. The number of amides is 2. The van der Waals surface area contributed by atoms with Crippen LogP contribution in [0.2, 0.25) is 5.02 Å². The lowest BCUT2D eigenvalue weighted by Crippen LogP contribution is -2.25. The molecule has 2 aromatic carbocycles. The van der Waals surface area contributed by atoms with E-state index in [0.717, 1.165) is 23.3 Å². The Morgan fingerprint density at radius 3 is 2.65 bits per heavy atom. The molecule has 0 unspecified atom stereocenters. The molecule has 0 fully saturated rings. The predicted octanol–water partition coefficient (Wildman–Crippen LogP) is 4.00. The zero-order valence-corrected chi connectivity index (χ0v) is 15.3. The van der Waals surface area contributed by atoms with Crippen LogP contribution in [0.5, 0.6) is 0 Å². The summed E-state index contributed by atoms with van der Waals surface area (Å²) in [5, 5.41) is 9.30. The van der Waals surface area contributed by atoms with Crippen molar-refractivity contribution in [3.05, 3.63) is 64.7 Å². The van der Waals surface area contributed by atoms with Gasteiger partial charge in [0.05, 0.1) is 12.3 Å². The average Bonchev–Trinajstić information content (AvgIpc) is 3.13. The zero-order valence-electron chi connectivity index (χ0n) is 14.5. The van der Waals surface area contributed by atoms with Crippen LogP contribution < -0.4 is 5.32 Å². The second kappa shape index (κ2) is 8.15. The third kappa shape index (κ3) is 4.49. The summed E-state index contributed by atoms with van der Waals surface area (Å²) in [7, 11) is 0. The molecule has 0 radical (unpaired) electrons. The molecule has 1 N–H and O–H groups in total. The van der Waals surface area contributed by atoms with Crippen molar-refractivity contribution in [2.45, 2.75) is 26.2 Å². The summed E-state index contributed by atoms with van der Waals surface area (Å²) in [5.41, 5.74) is 3.52. The van der Waals surface area contributed by atoms with Crippen LogP contribution in [0.4, 0.5) is 5.69 Å². The van der Waals surface area contributed by atoms with Crippen LogP contribution >= 0.6 is 11.6 Å². The lowest BCUT2D eigenvalue weighted by Gasteiger charge is -2.12. The van der Waals surface area contributed by atoms with E-state index in [1.165, 1.54) is 5.01 Å². The molecule has 3 rings (SSSR count). The molecule has 2 aromatic rings. The Balaban J connectivity index is 1.52. The van der Waals surface area contributed by atoms with Crippen molar-refractivity contribution in [1.82, 2.24) is 5.01 Å². The first kappa shape index (κ1) is 18.1. The topological polar surface area (TPSA) is 61.8 Å². The van der Waals surface area contributed by atoms with E-state index in [-0.39, 0.29) is 24.7 Å². The van der Waals surface area contributed by atoms with Crippen molar-refractivity contribution in [2.24, 2.45) is 5.10 Å². The third-order valence-electron chi connectivity index (χ3n) is 4.23. The lowest BCUT2D eigenvalue weighted by atomic mass is 10.1. The number of nitrogens with one attached hydrogen (secondary N) is 1. The Bertz CT molecular complexity index is 849. The molecule has 5 nitrogen and oxygen atoms in total. The minimum absolute atomic E-state index is 0.119. The molecule has 1 heterocycles. The fourth-order valence-corrected chi connectivity index (χ4v) is 3.03. The maximum atomic E-state index is 12.3. The van der Waals surface area contributed by atoms with Crippen LogP contribution in [-0.2, 0) is 9.59 Å². The molecule has 0 spiro atoms. The third-order valence-corrected chi connectivity index (χ3v) is 4.46. The molecule has 0 saturated heterocycles. The summed E-state index contributed by atoms with van der Waals surface area (Å²) in [5.74, 6) is -0.339. The molecule has 26 heavy (non-hydrogen) atoms. The van der Waals surface area contributed by atoms with E-state index in [1.807, 2.05) is 37.3 Å². The second-order valence-electron chi connectivity index (χ2n) is 6.19. The van der Waals surface area contributed by atoms with Gasteiger partial charge in [-0.3, -0.25) is 9.59 Å². The number of nitrogens with zero attached hydrogens (tertiary/aromatic N) is 2. The highest BCUT2D eigenvalue weighted by Gasteiger charge is 2.22. The van der Waals surface area contributed by atoms with Gasteiger partial charge in [-0.05, 0) is 36.2 Å². The fraction of sp³-hybridized carbons (Fsp3) is 0.250. The monoisotopic (exact) mass is 369 g/mol. The molecule has 134 valence electrons. The van der Waals surface area contributed by atoms with Crippen molar-refractivity contribution in [3.8, 4) is 0 Å². The standard InChI is InChI=1S/C20H20ClN3O2/c1-14-13-16(21)7-8-17(14)22-19(25)9-10-20(26)24-12-11-18(23-24)15-5-3-2-4-6-15/h2-8,13H,9-12H2,1H3,(H,22,25). The minimum Gasteiger partial charge on any atom is -0.326 e. The van der Waals surface area contributed by atoms with E-state index < -0.39 is 0 Å². The molecular weight excluding hydrogens is 350 g/mol. The SMILES string of the molecule is Cc1cc(Cl)ccc1NC(=O)CCC(=O)N1CCC(c2ccccc2)=N1. The Hall–Kier alpha value is -2.66. The van der Waals surface area contributed by atoms with Gasteiger partial charge in [-0.2, -0.15) is 5.10 Å². The van der Waals surface area contributed by atoms with Crippen molar-refractivity contribution >= 4 is 34.8 Å². The number of hydrogen-bond acceptors (Lipinski definition) is 3. The van der Waals surface area contributed by atoms with Crippen LogP contribution in [0.15, 0.2) is 53.6 Å². The van der Waals surface area contributed by atoms with Crippen molar-refractivity contribution in [1.29, 1.82) is 0 Å². The van der Waals surface area contributed by atoms with E-state index in [1.54, 1.807) is 18.2 Å². The Kier molecular flexibility index (Phi) is 5.68. The van der Waals surface area contributed by atoms with Gasteiger partial charge in [0.15, 0.2) is 0 Å². The first-order valence-electron chi connectivity index (χ1n) is 8.52. The highest BCUT2D eigenvalue weighted by Crippen LogP contribution is 2.20. The summed E-state index contributed by atoms with van der Waals surface area (Å²) < 4.78 is 0. The zero-order chi connectivity index (χ0) is 18.5. The van der Waals surface area contributed by atoms with E-state index in [2.05, 4.69) is 10.4 Å². The largest absolute Gasteiger partial charge is 0.326 e. The van der Waals surface area contributed by atoms with Gasteiger partial charge in [0, 0.05) is 30.0 Å². The van der Waals surface area contributed by atoms with Gasteiger partial charge in [-0.25, -0.2) is 5.01 Å². The van der Waals surface area contributed by atoms with E-state index >= 15 is 0 Å². The molecule has 0 aromatic heterocycles. The first-order chi connectivity index (χ1) is 12.5. The Morgan fingerprint density at radius 1 is 1.15 bits per heavy atom. The molecule has 1 aliphatic rings. The molecule has 6 heteroatoms. The van der Waals surface area contributed by atoms with Gasteiger partial charge in [0.2, 0.25) is 11.8 Å². The maximum Gasteiger partial charge on any atom is 0.243 e. The molecule has 0 atom stereocenters. The predicted molar refractivity (Wildman–Crippen MR) is 103 cm³/mol. The number of hydrogen-bond donors (Lipinski definition) is 1. The molecule has 0 aliphatic carbocycles. The van der Waals surface area contributed by atoms with E-state index in [0.29, 0.717) is 17.3 Å². The number of rotatable bonds is 5. The highest BCUT2D eigenvalue weighted by molar-refractivity contribution is 6.30. The van der Waals surface area contributed by atoms with E-state index in [4.69, 9.17) is 11.6 Å². The molecular formula is C20H20ClN3O2. The number of aryl methyl sites for hydroxylation is 1. The van der Waals surface area contributed by atoms with Gasteiger partial charge < -0.3 is 5.32 Å². The summed E-state index contributed by atoms with van der Waals surface area (Å²) in [6.45, 7) is 2.43. The van der Waals surface area contributed by atoms with Crippen LogP contribution in [0.25, 0.3) is 0 Å². The summed E-state index contributed by atoms with van der Waals surface area (Å²) in [6.07, 6.45) is 0.976. The Morgan fingerprint density at radius 2 is 1.92 bits per heavy atom. The second-order valence-corrected chi connectivity index (χ2v) is 6.62. The molecule has 1 aliphatic heterocycles. The fourth-order valence-electron chi connectivity index (χ4n) is 2.80. The Labute approximate surface area is 157 Å². The smallest absolute Gasteiger partial charge is 0.243 e. The molecule has 0 saturated carbocycles. The van der Waals surface area contributed by atoms with E-state index in [9.17, 15) is 9.59 Å². The van der Waals surface area contributed by atoms with Crippen LogP contribution in [0.1, 0.15) is 30.4 Å². The average molecular weight is 370 g/mol. The number of hydrazone groups is 1. The van der Waals surface area contributed by atoms with Gasteiger partial charge in [0.1, 0.15) is 0 Å². The normalized spacial score (nSPS) is 13.5. The summed E-state index contributed by atoms with van der Waals surface area (Å²) in [4.78, 5) is 24.4. The van der Waals surface area contributed by atoms with Gasteiger partial charge >= 0.3 is 0 Å². The van der Waals surface area contributed by atoms with Crippen LogP contribution in [-0.4, -0.2) is 29.1 Å². The van der Waals surface area contributed by atoms with Gasteiger partial charge in [-0.1, -0.05) is 41.9 Å². The number of halogens is 1. The molecule has 0 bridgehead atoms. The summed E-state index contributed by atoms with van der Waals surface area (Å²) >= 11 is 5.91. The first-order valence-corrected chi connectivity index (χ1v) is 8.90. The quantitative estimate of drug-likeness (QED) is 0.865. The van der Waals surface area contributed by atoms with Crippen molar-refractivity contribution in [2.75, 3.05) is 11.9 Å². The number of carbonyl (C=O) groups is 2. The summed E-state index contributed by atoms with van der Waals surface area (Å²) in [6, 6.07) is 15.1.